The molecule has 0 radical (unpaired) electrons. The second-order valence-corrected chi connectivity index (χ2v) is 7.37. The standard InChI is InChI=1S/C16H27N3OS/c1-12(2)15(17)16(20)18-9-13-5-3-7-19(10-13)11-14-6-4-8-21-14/h4,6,8,12-13,15H,3,5,7,9-11,17H2,1-2H3,(H,18,20)/t13?,15-/m0/s1. The Hall–Kier alpha value is -0.910. The Balaban J connectivity index is 1.75. The first-order chi connectivity index (χ1) is 10.1. The molecule has 0 spiro atoms. The smallest absolute Gasteiger partial charge is 0.237 e. The van der Waals surface area contributed by atoms with E-state index in [1.54, 1.807) is 0 Å². The molecule has 1 unspecified atom stereocenters. The van der Waals surface area contributed by atoms with Gasteiger partial charge in [0.15, 0.2) is 0 Å². The van der Waals surface area contributed by atoms with Gasteiger partial charge in [-0.05, 0) is 42.7 Å². The fourth-order valence-electron chi connectivity index (χ4n) is 2.75. The van der Waals surface area contributed by atoms with Crippen molar-refractivity contribution >= 4 is 17.2 Å². The molecule has 4 nitrogen and oxygen atoms in total. The highest BCUT2D eigenvalue weighted by molar-refractivity contribution is 7.09. The van der Waals surface area contributed by atoms with Gasteiger partial charge in [-0.25, -0.2) is 0 Å². The first-order valence-electron chi connectivity index (χ1n) is 7.84. The van der Waals surface area contributed by atoms with Crippen molar-refractivity contribution < 1.29 is 4.79 Å². The minimum Gasteiger partial charge on any atom is -0.354 e. The number of nitrogens with one attached hydrogen (secondary N) is 1. The molecule has 1 aliphatic heterocycles. The Bertz CT molecular complexity index is 433. The molecule has 1 saturated heterocycles. The molecule has 1 aromatic rings. The number of piperidine rings is 1. The van der Waals surface area contributed by atoms with Crippen molar-refractivity contribution in [2.24, 2.45) is 17.6 Å². The first-order valence-corrected chi connectivity index (χ1v) is 8.72. The lowest BCUT2D eigenvalue weighted by molar-refractivity contribution is -0.123. The quantitative estimate of drug-likeness (QED) is 0.845. The fourth-order valence-corrected chi connectivity index (χ4v) is 3.50. The summed E-state index contributed by atoms with van der Waals surface area (Å²) in [6.45, 7) is 7.97. The van der Waals surface area contributed by atoms with Gasteiger partial charge in [0.25, 0.3) is 0 Å². The topological polar surface area (TPSA) is 58.4 Å². The second-order valence-electron chi connectivity index (χ2n) is 6.34. The van der Waals surface area contributed by atoms with Crippen LogP contribution in [0.4, 0.5) is 0 Å². The van der Waals surface area contributed by atoms with Crippen LogP contribution in [0.15, 0.2) is 17.5 Å². The molecule has 2 rings (SSSR count). The molecule has 2 atom stereocenters. The number of thiophene rings is 1. The van der Waals surface area contributed by atoms with Gasteiger partial charge in [-0.1, -0.05) is 19.9 Å². The fraction of sp³-hybridized carbons (Fsp3) is 0.688. The molecule has 0 aliphatic carbocycles. The lowest BCUT2D eigenvalue weighted by Crippen LogP contribution is -2.47. The summed E-state index contributed by atoms with van der Waals surface area (Å²) in [5.74, 6) is 0.717. The van der Waals surface area contributed by atoms with Gasteiger partial charge in [-0.15, -0.1) is 11.3 Å². The maximum Gasteiger partial charge on any atom is 0.237 e. The maximum absolute atomic E-state index is 11.9. The molecule has 1 aliphatic rings. The molecule has 118 valence electrons. The highest BCUT2D eigenvalue weighted by Gasteiger charge is 2.22. The van der Waals surface area contributed by atoms with Crippen molar-refractivity contribution in [2.45, 2.75) is 39.3 Å². The van der Waals surface area contributed by atoms with E-state index in [-0.39, 0.29) is 11.8 Å². The van der Waals surface area contributed by atoms with Crippen LogP contribution in [0.1, 0.15) is 31.6 Å². The molecule has 1 fully saturated rings. The SMILES string of the molecule is CC(C)[C@H](N)C(=O)NCC1CCCN(Cc2cccs2)C1. The van der Waals surface area contributed by atoms with Crippen molar-refractivity contribution in [1.82, 2.24) is 10.2 Å². The van der Waals surface area contributed by atoms with Gasteiger partial charge < -0.3 is 11.1 Å². The predicted molar refractivity (Wildman–Crippen MR) is 88.1 cm³/mol. The second kappa shape index (κ2) is 7.92. The molecular formula is C16H27N3OS. The van der Waals surface area contributed by atoms with E-state index in [2.05, 4.69) is 27.7 Å². The molecule has 3 N–H and O–H groups in total. The number of rotatable bonds is 6. The van der Waals surface area contributed by atoms with E-state index in [4.69, 9.17) is 5.73 Å². The Morgan fingerprint density at radius 3 is 3.05 bits per heavy atom. The Morgan fingerprint density at radius 1 is 1.57 bits per heavy atom. The molecule has 1 aromatic heterocycles. The van der Waals surface area contributed by atoms with Crippen LogP contribution in [0.2, 0.25) is 0 Å². The van der Waals surface area contributed by atoms with Crippen molar-refractivity contribution in [3.8, 4) is 0 Å². The minimum atomic E-state index is -0.393. The van der Waals surface area contributed by atoms with Crippen LogP contribution in [0, 0.1) is 11.8 Å². The third-order valence-corrected chi connectivity index (χ3v) is 5.01. The van der Waals surface area contributed by atoms with Crippen LogP contribution in [0.5, 0.6) is 0 Å². The summed E-state index contributed by atoms with van der Waals surface area (Å²) in [4.78, 5) is 15.8. The van der Waals surface area contributed by atoms with Crippen molar-refractivity contribution in [3.63, 3.8) is 0 Å². The van der Waals surface area contributed by atoms with Gasteiger partial charge >= 0.3 is 0 Å². The van der Waals surface area contributed by atoms with Gasteiger partial charge in [-0.3, -0.25) is 9.69 Å². The largest absolute Gasteiger partial charge is 0.354 e. The summed E-state index contributed by atoms with van der Waals surface area (Å²) in [7, 11) is 0. The summed E-state index contributed by atoms with van der Waals surface area (Å²) in [5.41, 5.74) is 5.87. The zero-order chi connectivity index (χ0) is 15.2. The van der Waals surface area contributed by atoms with E-state index in [0.717, 1.165) is 26.2 Å². The van der Waals surface area contributed by atoms with Crippen molar-refractivity contribution in [3.05, 3.63) is 22.4 Å². The summed E-state index contributed by atoms with van der Waals surface area (Å²) in [6, 6.07) is 3.91. The molecule has 21 heavy (non-hydrogen) atoms. The van der Waals surface area contributed by atoms with Crippen LogP contribution in [0.3, 0.4) is 0 Å². The van der Waals surface area contributed by atoms with E-state index in [1.807, 2.05) is 25.2 Å². The Morgan fingerprint density at radius 2 is 2.38 bits per heavy atom. The Kier molecular flexibility index (Phi) is 6.21. The number of carbonyl (C=O) groups excluding carboxylic acids is 1. The third-order valence-electron chi connectivity index (χ3n) is 4.15. The number of nitrogens with zero attached hydrogens (tertiary/aromatic N) is 1. The molecular weight excluding hydrogens is 282 g/mol. The molecule has 1 amide bonds. The molecule has 2 heterocycles. The number of amides is 1. The summed E-state index contributed by atoms with van der Waals surface area (Å²) >= 11 is 1.82. The average Bonchev–Trinajstić information content (AvgIpc) is 2.97. The van der Waals surface area contributed by atoms with E-state index in [9.17, 15) is 4.79 Å². The van der Waals surface area contributed by atoms with E-state index < -0.39 is 6.04 Å². The lowest BCUT2D eigenvalue weighted by atomic mass is 9.97. The van der Waals surface area contributed by atoms with E-state index >= 15 is 0 Å². The highest BCUT2D eigenvalue weighted by Crippen LogP contribution is 2.20. The molecule has 0 bridgehead atoms. The van der Waals surface area contributed by atoms with Gasteiger partial charge in [0.2, 0.25) is 5.91 Å². The lowest BCUT2D eigenvalue weighted by Gasteiger charge is -2.32. The van der Waals surface area contributed by atoms with Crippen LogP contribution >= 0.6 is 11.3 Å². The summed E-state index contributed by atoms with van der Waals surface area (Å²) in [6.07, 6.45) is 2.40. The van der Waals surface area contributed by atoms with Gasteiger partial charge in [0.05, 0.1) is 6.04 Å². The monoisotopic (exact) mass is 309 g/mol. The zero-order valence-corrected chi connectivity index (χ0v) is 13.9. The normalized spacial score (nSPS) is 21.4. The van der Waals surface area contributed by atoms with Gasteiger partial charge in [0, 0.05) is 24.5 Å². The third kappa shape index (κ3) is 5.09. The number of hydrogen-bond acceptors (Lipinski definition) is 4. The number of carbonyl (C=O) groups is 1. The van der Waals surface area contributed by atoms with Gasteiger partial charge in [-0.2, -0.15) is 0 Å². The molecule has 0 aromatic carbocycles. The minimum absolute atomic E-state index is 0.0135. The average molecular weight is 309 g/mol. The zero-order valence-electron chi connectivity index (χ0n) is 13.0. The van der Waals surface area contributed by atoms with Crippen molar-refractivity contribution in [1.29, 1.82) is 0 Å². The number of nitrogens with two attached hydrogens (primary N) is 1. The highest BCUT2D eigenvalue weighted by atomic mass is 32.1. The Labute approximate surface area is 131 Å². The van der Waals surface area contributed by atoms with Gasteiger partial charge in [0.1, 0.15) is 0 Å². The van der Waals surface area contributed by atoms with Crippen molar-refractivity contribution in [2.75, 3.05) is 19.6 Å². The first kappa shape index (κ1) is 16.5. The summed E-state index contributed by atoms with van der Waals surface area (Å²) < 4.78 is 0. The van der Waals surface area contributed by atoms with E-state index in [0.29, 0.717) is 5.92 Å². The number of likely N-dealkylation sites (tertiary alicyclic amines) is 1. The van der Waals surface area contributed by atoms with Crippen LogP contribution in [0.25, 0.3) is 0 Å². The summed E-state index contributed by atoms with van der Waals surface area (Å²) in [5, 5.41) is 5.15. The molecule has 0 saturated carbocycles. The molecule has 5 heteroatoms. The van der Waals surface area contributed by atoms with Crippen LogP contribution < -0.4 is 11.1 Å². The van der Waals surface area contributed by atoms with Crippen LogP contribution in [-0.2, 0) is 11.3 Å². The maximum atomic E-state index is 11.9. The number of hydrogen-bond donors (Lipinski definition) is 2. The van der Waals surface area contributed by atoms with Crippen LogP contribution in [-0.4, -0.2) is 36.5 Å². The predicted octanol–water partition coefficient (Wildman–Crippen LogP) is 2.06. The van der Waals surface area contributed by atoms with E-state index in [1.165, 1.54) is 17.7 Å².